The molecule has 0 saturated carbocycles. The monoisotopic (exact) mass is 457 g/mol. The summed E-state index contributed by atoms with van der Waals surface area (Å²) in [5, 5.41) is 22.8. The largest absolute Gasteiger partial charge is 0.384 e. The summed E-state index contributed by atoms with van der Waals surface area (Å²) in [5.74, 6) is 0. The van der Waals surface area contributed by atoms with Gasteiger partial charge in [0, 0.05) is 16.8 Å². The minimum absolute atomic E-state index is 0.784. The van der Waals surface area contributed by atoms with Crippen LogP contribution in [0.15, 0.2) is 140 Å². The van der Waals surface area contributed by atoms with Crippen molar-refractivity contribution in [2.24, 2.45) is 0 Å². The molecule has 0 heterocycles. The molecule has 0 amide bonds. The van der Waals surface area contributed by atoms with Crippen LogP contribution in [0.4, 0.5) is 17.1 Å². The first kappa shape index (κ1) is 22.6. The zero-order valence-electron chi connectivity index (χ0n) is 19.3. The highest BCUT2D eigenvalue weighted by Crippen LogP contribution is 2.43. The predicted molar refractivity (Wildman–Crippen MR) is 142 cm³/mol. The van der Waals surface area contributed by atoms with Crippen LogP contribution in [0.5, 0.6) is 0 Å². The first-order valence-corrected chi connectivity index (χ1v) is 11.7. The van der Waals surface area contributed by atoms with E-state index in [1.165, 1.54) is 0 Å². The molecule has 0 aromatic heterocycles. The lowest BCUT2D eigenvalue weighted by molar-refractivity contribution is 0.220. The lowest BCUT2D eigenvalue weighted by Crippen LogP contribution is -2.17. The molecule has 172 valence electrons. The molecule has 0 fully saturated rings. The van der Waals surface area contributed by atoms with Gasteiger partial charge in [0.05, 0.1) is 11.4 Å². The van der Waals surface area contributed by atoms with Gasteiger partial charge < -0.3 is 15.1 Å². The first-order valence-electron chi connectivity index (χ1n) is 11.7. The number of nitrogens with zero attached hydrogens (tertiary/aromatic N) is 1. The van der Waals surface area contributed by atoms with E-state index in [0.717, 1.165) is 39.3 Å². The third-order valence-corrected chi connectivity index (χ3v) is 6.19. The Morgan fingerprint density at radius 2 is 0.743 bits per heavy atom. The van der Waals surface area contributed by atoms with Gasteiger partial charge >= 0.3 is 0 Å². The van der Waals surface area contributed by atoms with Crippen molar-refractivity contribution in [3.63, 3.8) is 0 Å². The molecule has 35 heavy (non-hydrogen) atoms. The summed E-state index contributed by atoms with van der Waals surface area (Å²) in [4.78, 5) is 2.11. The van der Waals surface area contributed by atoms with Gasteiger partial charge in [0.15, 0.2) is 0 Å². The SMILES string of the molecule is OC(c1ccccc1)c1ccccc1N(c1ccccc1)c1ccccc1C(O)c1ccccc1. The number of anilines is 3. The minimum atomic E-state index is -0.801. The Labute approximate surface area is 206 Å². The fraction of sp³-hybridized carbons (Fsp3) is 0.0625. The summed E-state index contributed by atoms with van der Waals surface area (Å²) in [6.45, 7) is 0. The van der Waals surface area contributed by atoms with Gasteiger partial charge in [-0.1, -0.05) is 115 Å². The van der Waals surface area contributed by atoms with Crippen LogP contribution in [-0.4, -0.2) is 10.2 Å². The first-order chi connectivity index (χ1) is 17.2. The van der Waals surface area contributed by atoms with E-state index in [-0.39, 0.29) is 0 Å². The Kier molecular flexibility index (Phi) is 6.71. The summed E-state index contributed by atoms with van der Waals surface area (Å²) in [7, 11) is 0. The zero-order chi connectivity index (χ0) is 24.0. The van der Waals surface area contributed by atoms with Crippen molar-refractivity contribution in [3.05, 3.63) is 162 Å². The van der Waals surface area contributed by atoms with Gasteiger partial charge in [-0.25, -0.2) is 0 Å². The lowest BCUT2D eigenvalue weighted by Gasteiger charge is -2.31. The molecule has 0 aliphatic carbocycles. The second-order valence-corrected chi connectivity index (χ2v) is 8.42. The van der Waals surface area contributed by atoms with Gasteiger partial charge in [-0.3, -0.25) is 0 Å². The standard InChI is InChI=1S/C32H27NO2/c34-31(24-14-4-1-5-15-24)27-20-10-12-22-29(27)33(26-18-8-3-9-19-26)30-23-13-11-21-28(30)32(35)25-16-6-2-7-17-25/h1-23,31-32,34-35H. The highest BCUT2D eigenvalue weighted by atomic mass is 16.3. The smallest absolute Gasteiger partial charge is 0.106 e. The van der Waals surface area contributed by atoms with Crippen LogP contribution < -0.4 is 4.90 Å². The second kappa shape index (κ2) is 10.4. The average Bonchev–Trinajstić information content (AvgIpc) is 2.94. The maximum atomic E-state index is 11.4. The molecule has 2 N–H and O–H groups in total. The van der Waals surface area contributed by atoms with Crippen LogP contribution in [-0.2, 0) is 0 Å². The van der Waals surface area contributed by atoms with Crippen molar-refractivity contribution in [1.82, 2.24) is 0 Å². The Bertz CT molecular complexity index is 1280. The van der Waals surface area contributed by atoms with Gasteiger partial charge in [-0.05, 0) is 35.4 Å². The summed E-state index contributed by atoms with van der Waals surface area (Å²) >= 11 is 0. The van der Waals surface area contributed by atoms with Crippen LogP contribution in [0.3, 0.4) is 0 Å². The van der Waals surface area contributed by atoms with E-state index in [9.17, 15) is 10.2 Å². The van der Waals surface area contributed by atoms with Crippen LogP contribution in [0.1, 0.15) is 34.5 Å². The van der Waals surface area contributed by atoms with Crippen LogP contribution in [0, 0.1) is 0 Å². The molecule has 0 bridgehead atoms. The van der Waals surface area contributed by atoms with Crippen LogP contribution in [0.25, 0.3) is 0 Å². The van der Waals surface area contributed by atoms with Gasteiger partial charge in [-0.15, -0.1) is 0 Å². The number of para-hydroxylation sites is 3. The van der Waals surface area contributed by atoms with Crippen LogP contribution >= 0.6 is 0 Å². The molecule has 0 aliphatic rings. The molecule has 2 unspecified atom stereocenters. The van der Waals surface area contributed by atoms with Crippen LogP contribution in [0.2, 0.25) is 0 Å². The van der Waals surface area contributed by atoms with E-state index in [0.29, 0.717) is 0 Å². The number of rotatable bonds is 7. The highest BCUT2D eigenvalue weighted by molar-refractivity contribution is 5.81. The molecule has 0 saturated heterocycles. The molecule has 0 aliphatic heterocycles. The summed E-state index contributed by atoms with van der Waals surface area (Å²) < 4.78 is 0. The molecule has 5 aromatic rings. The number of aliphatic hydroxyl groups excluding tert-OH is 2. The fourth-order valence-corrected chi connectivity index (χ4v) is 4.46. The number of hydrogen-bond acceptors (Lipinski definition) is 3. The third-order valence-electron chi connectivity index (χ3n) is 6.19. The molecular formula is C32H27NO2. The lowest BCUT2D eigenvalue weighted by atomic mass is 9.96. The van der Waals surface area contributed by atoms with E-state index >= 15 is 0 Å². The average molecular weight is 458 g/mol. The van der Waals surface area contributed by atoms with Gasteiger partial charge in [0.25, 0.3) is 0 Å². The summed E-state index contributed by atoms with van der Waals surface area (Å²) in [5.41, 5.74) is 5.85. The molecule has 0 radical (unpaired) electrons. The third kappa shape index (κ3) is 4.73. The van der Waals surface area contributed by atoms with Crippen molar-refractivity contribution in [1.29, 1.82) is 0 Å². The topological polar surface area (TPSA) is 43.7 Å². The van der Waals surface area contributed by atoms with E-state index in [1.807, 2.05) is 140 Å². The van der Waals surface area contributed by atoms with Gasteiger partial charge in [0.1, 0.15) is 12.2 Å². The molecule has 3 nitrogen and oxygen atoms in total. The van der Waals surface area contributed by atoms with Gasteiger partial charge in [0.2, 0.25) is 0 Å². The Morgan fingerprint density at radius 1 is 0.400 bits per heavy atom. The predicted octanol–water partition coefficient (Wildman–Crippen LogP) is 7.32. The number of aliphatic hydroxyl groups is 2. The molecular weight excluding hydrogens is 430 g/mol. The maximum absolute atomic E-state index is 11.4. The van der Waals surface area contributed by atoms with Crippen molar-refractivity contribution in [2.75, 3.05) is 4.90 Å². The number of benzene rings is 5. The van der Waals surface area contributed by atoms with E-state index in [4.69, 9.17) is 0 Å². The second-order valence-electron chi connectivity index (χ2n) is 8.42. The molecule has 2 atom stereocenters. The summed E-state index contributed by atoms with van der Waals surface area (Å²) in [6.07, 6.45) is -1.60. The number of hydrogen-bond donors (Lipinski definition) is 2. The fourth-order valence-electron chi connectivity index (χ4n) is 4.46. The van der Waals surface area contributed by atoms with Crippen molar-refractivity contribution in [2.45, 2.75) is 12.2 Å². The van der Waals surface area contributed by atoms with E-state index < -0.39 is 12.2 Å². The molecule has 5 rings (SSSR count). The van der Waals surface area contributed by atoms with Crippen molar-refractivity contribution in [3.8, 4) is 0 Å². The maximum Gasteiger partial charge on any atom is 0.106 e. The Balaban J connectivity index is 1.69. The Hall–Kier alpha value is -4.18. The quantitative estimate of drug-likeness (QED) is 0.269. The van der Waals surface area contributed by atoms with E-state index in [1.54, 1.807) is 0 Å². The Morgan fingerprint density at radius 3 is 1.17 bits per heavy atom. The zero-order valence-corrected chi connectivity index (χ0v) is 19.3. The highest BCUT2D eigenvalue weighted by Gasteiger charge is 2.24. The molecule has 0 spiro atoms. The molecule has 5 aromatic carbocycles. The van der Waals surface area contributed by atoms with E-state index in [2.05, 4.69) is 4.90 Å². The van der Waals surface area contributed by atoms with Crippen molar-refractivity contribution < 1.29 is 10.2 Å². The minimum Gasteiger partial charge on any atom is -0.384 e. The molecule has 3 heteroatoms. The van der Waals surface area contributed by atoms with Crippen molar-refractivity contribution >= 4 is 17.1 Å². The summed E-state index contributed by atoms with van der Waals surface area (Å²) in [6, 6.07) is 45.2. The van der Waals surface area contributed by atoms with Gasteiger partial charge in [-0.2, -0.15) is 0 Å². The normalized spacial score (nSPS) is 12.6.